The van der Waals surface area contributed by atoms with Gasteiger partial charge in [0.05, 0.1) is 17.2 Å². The number of rotatable bonds is 7. The lowest BCUT2D eigenvalue weighted by atomic mass is 10.0. The fourth-order valence-electron chi connectivity index (χ4n) is 5.91. The van der Waals surface area contributed by atoms with Crippen molar-refractivity contribution >= 4 is 51.8 Å². The molecular weight excluding hydrogens is 558 g/mol. The van der Waals surface area contributed by atoms with Crippen LogP contribution in [0.2, 0.25) is 10.0 Å². The van der Waals surface area contributed by atoms with Crippen LogP contribution < -0.4 is 9.64 Å². The van der Waals surface area contributed by atoms with Crippen molar-refractivity contribution in [3.63, 3.8) is 0 Å². The van der Waals surface area contributed by atoms with Gasteiger partial charge in [-0.1, -0.05) is 40.5 Å². The van der Waals surface area contributed by atoms with Gasteiger partial charge in [0.25, 0.3) is 0 Å². The Morgan fingerprint density at radius 3 is 2.55 bits per heavy atom. The van der Waals surface area contributed by atoms with E-state index in [9.17, 15) is 9.90 Å². The van der Waals surface area contributed by atoms with Crippen molar-refractivity contribution < 1.29 is 23.6 Å². The van der Waals surface area contributed by atoms with Gasteiger partial charge in [-0.3, -0.25) is 4.98 Å². The Morgan fingerprint density at radius 2 is 1.90 bits per heavy atom. The number of piperidine rings is 1. The zero-order valence-corrected chi connectivity index (χ0v) is 22.8. The Hall–Kier alpha value is -3.69. The summed E-state index contributed by atoms with van der Waals surface area (Å²) in [7, 11) is 1.43. The quantitative estimate of drug-likeness (QED) is 0.257. The van der Waals surface area contributed by atoms with Gasteiger partial charge < -0.3 is 19.3 Å². The van der Waals surface area contributed by atoms with Crippen LogP contribution in [0.15, 0.2) is 41.2 Å². The molecule has 1 aliphatic heterocycles. The largest absolute Gasteiger partial charge is 0.496 e. The van der Waals surface area contributed by atoms with Crippen molar-refractivity contribution in [3.8, 4) is 17.0 Å². The van der Waals surface area contributed by atoms with Gasteiger partial charge in [0, 0.05) is 59.7 Å². The molecule has 3 fully saturated rings. The Bertz CT molecular complexity index is 1690. The lowest BCUT2D eigenvalue weighted by Gasteiger charge is -2.22. The molecule has 40 heavy (non-hydrogen) atoms. The molecule has 8 nitrogen and oxygen atoms in total. The number of ether oxygens (including phenoxy) is 1. The summed E-state index contributed by atoms with van der Waals surface area (Å²) >= 11 is 12.9. The van der Waals surface area contributed by atoms with E-state index in [0.29, 0.717) is 50.4 Å². The molecule has 11 heteroatoms. The van der Waals surface area contributed by atoms with E-state index >= 15 is 4.39 Å². The fraction of sp³-hybridized carbons (Fsp3) is 0.310. The maximum absolute atomic E-state index is 15.1. The summed E-state index contributed by atoms with van der Waals surface area (Å²) in [5, 5.41) is 14.9. The maximum atomic E-state index is 15.1. The number of benzene rings is 1. The maximum Gasteiger partial charge on any atom is 0.354 e. The number of carbonyl (C=O) groups is 1. The zero-order valence-electron chi connectivity index (χ0n) is 21.3. The van der Waals surface area contributed by atoms with Crippen molar-refractivity contribution in [1.29, 1.82) is 0 Å². The van der Waals surface area contributed by atoms with Crippen LogP contribution >= 0.6 is 23.2 Å². The van der Waals surface area contributed by atoms with E-state index in [0.717, 1.165) is 42.9 Å². The van der Waals surface area contributed by atoms with Crippen molar-refractivity contribution in [2.75, 3.05) is 25.1 Å². The molecule has 0 bridgehead atoms. The molecule has 4 heterocycles. The Balaban J connectivity index is 1.12. The number of anilines is 1. The number of aromatic carboxylic acids is 1. The number of hydrogen-bond acceptors (Lipinski definition) is 7. The fourth-order valence-corrected chi connectivity index (χ4v) is 6.45. The number of carboxylic acids is 1. The number of carboxylic acid groups (broad SMARTS) is 1. The van der Waals surface area contributed by atoms with E-state index in [2.05, 4.69) is 32.2 Å². The van der Waals surface area contributed by atoms with Gasteiger partial charge >= 0.3 is 5.97 Å². The lowest BCUT2D eigenvalue weighted by Crippen LogP contribution is -2.23. The Kier molecular flexibility index (Phi) is 5.98. The molecule has 1 N–H and O–H groups in total. The SMILES string of the molecule is COc1cc(C(=O)O)nc2c(F)cc(N3CC4C(/C=C/c5c(-c6c(Cl)cncc6Cl)noc5C5CC5)C4C3)cc12. The van der Waals surface area contributed by atoms with Crippen molar-refractivity contribution in [2.24, 2.45) is 17.8 Å². The molecule has 0 amide bonds. The Labute approximate surface area is 238 Å². The van der Waals surface area contributed by atoms with Crippen LogP contribution in [0.1, 0.15) is 40.6 Å². The van der Waals surface area contributed by atoms with E-state index in [1.165, 1.54) is 19.2 Å². The molecule has 1 saturated heterocycles. The highest BCUT2D eigenvalue weighted by molar-refractivity contribution is 6.39. The molecule has 2 unspecified atom stereocenters. The minimum absolute atomic E-state index is 0.0175. The first-order chi connectivity index (χ1) is 19.3. The number of aromatic nitrogens is 3. The molecule has 4 aromatic rings. The summed E-state index contributed by atoms with van der Waals surface area (Å²) in [4.78, 5) is 21.6. The highest BCUT2D eigenvalue weighted by atomic mass is 35.5. The van der Waals surface area contributed by atoms with E-state index in [4.69, 9.17) is 32.5 Å². The predicted octanol–water partition coefficient (Wildman–Crippen LogP) is 6.71. The van der Waals surface area contributed by atoms with E-state index in [1.807, 2.05) is 6.07 Å². The van der Waals surface area contributed by atoms with Gasteiger partial charge in [-0.05, 0) is 42.7 Å². The van der Waals surface area contributed by atoms with Crippen LogP contribution in [-0.2, 0) is 0 Å². The normalized spacial score (nSPS) is 21.8. The average molecular weight is 581 g/mol. The lowest BCUT2D eigenvalue weighted by molar-refractivity contribution is 0.0690. The monoisotopic (exact) mass is 580 g/mol. The number of hydrogen-bond donors (Lipinski definition) is 1. The number of pyridine rings is 2. The van der Waals surface area contributed by atoms with E-state index < -0.39 is 11.8 Å². The predicted molar refractivity (Wildman–Crippen MR) is 149 cm³/mol. The topological polar surface area (TPSA) is 102 Å². The van der Waals surface area contributed by atoms with Crippen LogP contribution in [0.25, 0.3) is 28.2 Å². The molecule has 0 spiro atoms. The van der Waals surface area contributed by atoms with Gasteiger partial charge in [-0.2, -0.15) is 0 Å². The molecule has 2 saturated carbocycles. The van der Waals surface area contributed by atoms with E-state index in [1.54, 1.807) is 12.4 Å². The van der Waals surface area contributed by atoms with Crippen LogP contribution in [-0.4, -0.2) is 46.4 Å². The molecule has 3 aromatic heterocycles. The summed E-state index contributed by atoms with van der Waals surface area (Å²) in [6, 6.07) is 4.56. The molecule has 7 rings (SSSR count). The minimum atomic E-state index is -1.24. The molecule has 3 aliphatic rings. The van der Waals surface area contributed by atoms with Gasteiger partial charge in [-0.25, -0.2) is 14.2 Å². The first-order valence-corrected chi connectivity index (χ1v) is 13.7. The van der Waals surface area contributed by atoms with Gasteiger partial charge in [0.15, 0.2) is 11.5 Å². The number of halogens is 3. The highest BCUT2D eigenvalue weighted by Gasteiger charge is 2.54. The third-order valence-corrected chi connectivity index (χ3v) is 8.73. The highest BCUT2D eigenvalue weighted by Crippen LogP contribution is 2.54. The van der Waals surface area contributed by atoms with Crippen LogP contribution in [0.5, 0.6) is 5.75 Å². The summed E-state index contributed by atoms with van der Waals surface area (Å²) in [6.07, 6.45) is 9.54. The molecule has 2 aliphatic carbocycles. The first kappa shape index (κ1) is 25.3. The molecular formula is C29H23Cl2FN4O4. The number of allylic oxidation sites excluding steroid dienone is 1. The summed E-state index contributed by atoms with van der Waals surface area (Å²) < 4.78 is 26.2. The molecule has 0 radical (unpaired) electrons. The third-order valence-electron chi connectivity index (χ3n) is 8.16. The van der Waals surface area contributed by atoms with Gasteiger partial charge in [0.1, 0.15) is 22.7 Å². The average Bonchev–Trinajstić information content (AvgIpc) is 3.80. The minimum Gasteiger partial charge on any atom is -0.496 e. The Morgan fingerprint density at radius 1 is 1.18 bits per heavy atom. The standard InChI is InChI=1S/C29H23Cl2FN4O4/c1-39-24-8-23(29(37)38)34-26-17(24)6-14(7-22(26)32)36-11-18-15(19(18)12-36)4-5-16-27(35-40-28(16)13-2-3-13)25-20(30)9-33-10-21(25)31/h4-10,13,15,18-19H,2-3,11-12H2,1H3,(H,37,38)/b5-4+. The van der Waals surface area contributed by atoms with Gasteiger partial charge in [-0.15, -0.1) is 0 Å². The molecule has 204 valence electrons. The van der Waals surface area contributed by atoms with Crippen LogP contribution in [0.3, 0.4) is 0 Å². The number of fused-ring (bicyclic) bond motifs is 2. The van der Waals surface area contributed by atoms with E-state index in [-0.39, 0.29) is 17.0 Å². The number of methoxy groups -OCH3 is 1. The van der Waals surface area contributed by atoms with Crippen LogP contribution in [0, 0.1) is 23.6 Å². The van der Waals surface area contributed by atoms with Crippen molar-refractivity contribution in [2.45, 2.75) is 18.8 Å². The second-order valence-corrected chi connectivity index (χ2v) is 11.4. The first-order valence-electron chi connectivity index (χ1n) is 13.0. The third kappa shape index (κ3) is 4.19. The van der Waals surface area contributed by atoms with Crippen LogP contribution in [0.4, 0.5) is 10.1 Å². The second-order valence-electron chi connectivity index (χ2n) is 10.6. The van der Waals surface area contributed by atoms with Gasteiger partial charge in [0.2, 0.25) is 0 Å². The summed E-state index contributed by atoms with van der Waals surface area (Å²) in [5.41, 5.74) is 2.61. The summed E-state index contributed by atoms with van der Waals surface area (Å²) in [6.45, 7) is 1.56. The zero-order chi connectivity index (χ0) is 27.7. The van der Waals surface area contributed by atoms with Crippen molar-refractivity contribution in [3.05, 3.63) is 69.5 Å². The smallest absolute Gasteiger partial charge is 0.354 e. The molecule has 2 atom stereocenters. The second kappa shape index (κ2) is 9.45. The van der Waals surface area contributed by atoms with Crippen molar-refractivity contribution in [1.82, 2.24) is 15.1 Å². The number of nitrogens with zero attached hydrogens (tertiary/aromatic N) is 4. The molecule has 1 aromatic carbocycles. The summed E-state index contributed by atoms with van der Waals surface area (Å²) in [5.74, 6) is 0.935.